The van der Waals surface area contributed by atoms with E-state index in [9.17, 15) is 0 Å². The molecule has 0 amide bonds. The van der Waals surface area contributed by atoms with Crippen LogP contribution in [0, 0.1) is 5.92 Å². The number of piperidine rings is 2. The van der Waals surface area contributed by atoms with Gasteiger partial charge in [-0.25, -0.2) is 0 Å². The third-order valence-corrected chi connectivity index (χ3v) is 4.13. The third kappa shape index (κ3) is 4.74. The number of likely N-dealkylation sites (tertiary alicyclic amines) is 1. The molecule has 0 aromatic carbocycles. The first kappa shape index (κ1) is 15.2. The Morgan fingerprint density at radius 2 is 2.06 bits per heavy atom. The summed E-state index contributed by atoms with van der Waals surface area (Å²) < 4.78 is 0. The van der Waals surface area contributed by atoms with Gasteiger partial charge in [0, 0.05) is 19.1 Å². The van der Waals surface area contributed by atoms with E-state index in [4.69, 9.17) is 0 Å². The maximum Gasteiger partial charge on any atom is 0.0217 e. The molecule has 17 heavy (non-hydrogen) atoms. The van der Waals surface area contributed by atoms with E-state index in [1.54, 1.807) is 0 Å². The maximum absolute atomic E-state index is 3.52. The Morgan fingerprint density at radius 3 is 2.71 bits per heavy atom. The summed E-state index contributed by atoms with van der Waals surface area (Å²) in [5, 5.41) is 3.52. The lowest BCUT2D eigenvalue weighted by Gasteiger charge is -2.38. The summed E-state index contributed by atoms with van der Waals surface area (Å²) in [6.07, 6.45) is 5.56. The molecule has 2 fully saturated rings. The summed E-state index contributed by atoms with van der Waals surface area (Å²) in [5.74, 6) is 0.898. The van der Waals surface area contributed by atoms with Crippen LogP contribution < -0.4 is 5.32 Å². The van der Waals surface area contributed by atoms with Crippen LogP contribution in [0.2, 0.25) is 0 Å². The summed E-state index contributed by atoms with van der Waals surface area (Å²) in [6, 6.07) is 0.783. The highest BCUT2D eigenvalue weighted by Crippen LogP contribution is 2.17. The first-order valence-corrected chi connectivity index (χ1v) is 6.85. The predicted octanol–water partition coefficient (Wildman–Crippen LogP) is 1.43. The molecule has 0 bridgehead atoms. The van der Waals surface area contributed by atoms with Gasteiger partial charge < -0.3 is 15.1 Å². The monoisotopic (exact) mass is 261 g/mol. The SMILES string of the molecule is CN(C)C1CCCN(CC2CCCNC2)C1.Cl. The highest BCUT2D eigenvalue weighted by Gasteiger charge is 2.24. The molecule has 2 unspecified atom stereocenters. The van der Waals surface area contributed by atoms with Gasteiger partial charge in [-0.3, -0.25) is 0 Å². The zero-order valence-corrected chi connectivity index (χ0v) is 12.1. The number of nitrogens with one attached hydrogen (secondary N) is 1. The van der Waals surface area contributed by atoms with E-state index in [1.807, 2.05) is 0 Å². The number of nitrogens with zero attached hydrogens (tertiary/aromatic N) is 2. The van der Waals surface area contributed by atoms with Crippen LogP contribution in [0.3, 0.4) is 0 Å². The predicted molar refractivity (Wildman–Crippen MR) is 76.0 cm³/mol. The fourth-order valence-electron chi connectivity index (χ4n) is 3.06. The highest BCUT2D eigenvalue weighted by atomic mass is 35.5. The minimum atomic E-state index is 0. The van der Waals surface area contributed by atoms with E-state index in [1.165, 1.54) is 58.4 Å². The number of hydrogen-bond donors (Lipinski definition) is 1. The summed E-state index contributed by atoms with van der Waals surface area (Å²) in [4.78, 5) is 5.08. The minimum absolute atomic E-state index is 0. The highest BCUT2D eigenvalue weighted by molar-refractivity contribution is 5.85. The molecule has 2 heterocycles. The molecule has 0 radical (unpaired) electrons. The van der Waals surface area contributed by atoms with Crippen LogP contribution in [0.1, 0.15) is 25.7 Å². The van der Waals surface area contributed by atoms with E-state index in [-0.39, 0.29) is 12.4 Å². The van der Waals surface area contributed by atoms with Crippen LogP contribution in [-0.4, -0.2) is 62.7 Å². The smallest absolute Gasteiger partial charge is 0.0217 e. The molecule has 0 aliphatic carbocycles. The molecule has 4 heteroatoms. The lowest BCUT2D eigenvalue weighted by Crippen LogP contribution is -2.48. The Labute approximate surface area is 112 Å². The number of hydrogen-bond acceptors (Lipinski definition) is 3. The topological polar surface area (TPSA) is 18.5 Å². The van der Waals surface area contributed by atoms with E-state index in [0.717, 1.165) is 12.0 Å². The second-order valence-electron chi connectivity index (χ2n) is 5.73. The van der Waals surface area contributed by atoms with Crippen molar-refractivity contribution >= 4 is 12.4 Å². The number of likely N-dealkylation sites (N-methyl/N-ethyl adjacent to an activating group) is 1. The summed E-state index contributed by atoms with van der Waals surface area (Å²) in [7, 11) is 4.44. The average Bonchev–Trinajstić information content (AvgIpc) is 2.30. The van der Waals surface area contributed by atoms with Gasteiger partial charge in [-0.05, 0) is 65.3 Å². The van der Waals surface area contributed by atoms with Gasteiger partial charge in [-0.15, -0.1) is 12.4 Å². The molecule has 2 atom stereocenters. The van der Waals surface area contributed by atoms with Gasteiger partial charge in [0.25, 0.3) is 0 Å². The normalized spacial score (nSPS) is 31.2. The summed E-state index contributed by atoms with van der Waals surface area (Å²) in [6.45, 7) is 6.39. The van der Waals surface area contributed by atoms with Crippen molar-refractivity contribution in [1.29, 1.82) is 0 Å². The first-order valence-electron chi connectivity index (χ1n) is 6.85. The molecule has 2 saturated heterocycles. The third-order valence-electron chi connectivity index (χ3n) is 4.13. The van der Waals surface area contributed by atoms with Crippen molar-refractivity contribution in [2.24, 2.45) is 5.92 Å². The van der Waals surface area contributed by atoms with Crippen LogP contribution in [0.25, 0.3) is 0 Å². The maximum atomic E-state index is 3.52. The molecule has 2 rings (SSSR count). The van der Waals surface area contributed by atoms with Crippen molar-refractivity contribution in [3.05, 3.63) is 0 Å². The Balaban J connectivity index is 0.00000144. The lowest BCUT2D eigenvalue weighted by atomic mass is 9.97. The van der Waals surface area contributed by atoms with E-state index < -0.39 is 0 Å². The van der Waals surface area contributed by atoms with Gasteiger partial charge in [-0.1, -0.05) is 0 Å². The van der Waals surface area contributed by atoms with Gasteiger partial charge in [-0.2, -0.15) is 0 Å². The van der Waals surface area contributed by atoms with Crippen LogP contribution >= 0.6 is 12.4 Å². The van der Waals surface area contributed by atoms with Gasteiger partial charge in [0.2, 0.25) is 0 Å². The largest absolute Gasteiger partial charge is 0.316 e. The van der Waals surface area contributed by atoms with Gasteiger partial charge in [0.1, 0.15) is 0 Å². The van der Waals surface area contributed by atoms with E-state index >= 15 is 0 Å². The Morgan fingerprint density at radius 1 is 1.24 bits per heavy atom. The van der Waals surface area contributed by atoms with E-state index in [0.29, 0.717) is 0 Å². The van der Waals surface area contributed by atoms with Crippen molar-refractivity contribution in [1.82, 2.24) is 15.1 Å². The average molecular weight is 262 g/mol. The van der Waals surface area contributed by atoms with Gasteiger partial charge >= 0.3 is 0 Å². The fourth-order valence-corrected chi connectivity index (χ4v) is 3.06. The van der Waals surface area contributed by atoms with Gasteiger partial charge in [0.05, 0.1) is 0 Å². The first-order chi connectivity index (χ1) is 7.75. The molecule has 0 aromatic heterocycles. The number of rotatable bonds is 3. The molecule has 0 spiro atoms. The van der Waals surface area contributed by atoms with Gasteiger partial charge in [0.15, 0.2) is 0 Å². The molecule has 2 aliphatic rings. The molecule has 0 aromatic rings. The van der Waals surface area contributed by atoms with Crippen LogP contribution in [0.15, 0.2) is 0 Å². The fraction of sp³-hybridized carbons (Fsp3) is 1.00. The Kier molecular flexibility index (Phi) is 6.78. The minimum Gasteiger partial charge on any atom is -0.316 e. The Hall–Kier alpha value is 0.170. The van der Waals surface area contributed by atoms with Crippen LogP contribution in [-0.2, 0) is 0 Å². The molecule has 2 aliphatic heterocycles. The van der Waals surface area contributed by atoms with Crippen molar-refractivity contribution in [2.75, 3.05) is 46.8 Å². The zero-order chi connectivity index (χ0) is 11.4. The van der Waals surface area contributed by atoms with Crippen LogP contribution in [0.5, 0.6) is 0 Å². The Bertz CT molecular complexity index is 205. The second kappa shape index (κ2) is 7.57. The van der Waals surface area contributed by atoms with Crippen LogP contribution in [0.4, 0.5) is 0 Å². The summed E-state index contributed by atoms with van der Waals surface area (Å²) in [5.41, 5.74) is 0. The quantitative estimate of drug-likeness (QED) is 0.829. The lowest BCUT2D eigenvalue weighted by molar-refractivity contribution is 0.112. The van der Waals surface area contributed by atoms with E-state index in [2.05, 4.69) is 29.2 Å². The van der Waals surface area contributed by atoms with Crippen molar-refractivity contribution in [2.45, 2.75) is 31.7 Å². The molecular formula is C13H28ClN3. The molecule has 0 saturated carbocycles. The second-order valence-corrected chi connectivity index (χ2v) is 5.73. The summed E-state index contributed by atoms with van der Waals surface area (Å²) >= 11 is 0. The number of halogens is 1. The van der Waals surface area contributed by atoms with Crippen molar-refractivity contribution < 1.29 is 0 Å². The molecule has 3 nitrogen and oxygen atoms in total. The molecule has 102 valence electrons. The standard InChI is InChI=1S/C13H27N3.ClH/c1-15(2)13-6-4-8-16(11-13)10-12-5-3-7-14-9-12;/h12-14H,3-11H2,1-2H3;1H. The van der Waals surface area contributed by atoms with Crippen molar-refractivity contribution in [3.8, 4) is 0 Å². The molecule has 1 N–H and O–H groups in total. The zero-order valence-electron chi connectivity index (χ0n) is 11.3. The van der Waals surface area contributed by atoms with Crippen molar-refractivity contribution in [3.63, 3.8) is 0 Å². The molecular weight excluding hydrogens is 234 g/mol.